The number of nitrogens with zero attached hydrogens (tertiary/aromatic N) is 2. The second kappa shape index (κ2) is 4.11. The molecule has 1 fully saturated rings. The van der Waals surface area contributed by atoms with E-state index in [9.17, 15) is 0 Å². The van der Waals surface area contributed by atoms with Crippen LogP contribution in [0.5, 0.6) is 5.75 Å². The van der Waals surface area contributed by atoms with Crippen molar-refractivity contribution in [2.24, 2.45) is 0 Å². The van der Waals surface area contributed by atoms with Crippen molar-refractivity contribution in [1.29, 1.82) is 5.26 Å². The number of nitriles is 1. The summed E-state index contributed by atoms with van der Waals surface area (Å²) in [5, 5.41) is 12.1. The minimum Gasteiger partial charge on any atom is -0.497 e. The quantitative estimate of drug-likeness (QED) is 0.845. The summed E-state index contributed by atoms with van der Waals surface area (Å²) >= 11 is 1.60. The molecule has 4 heteroatoms. The van der Waals surface area contributed by atoms with Gasteiger partial charge in [-0.15, -0.1) is 11.3 Å². The Morgan fingerprint density at radius 2 is 2.06 bits per heavy atom. The fraction of sp³-hybridized carbons (Fsp3) is 0.286. The number of hydrogen-bond donors (Lipinski definition) is 0. The Kier molecular flexibility index (Phi) is 2.57. The van der Waals surface area contributed by atoms with Crippen LogP contribution in [0, 0.1) is 11.3 Å². The fourth-order valence-electron chi connectivity index (χ4n) is 1.91. The van der Waals surface area contributed by atoms with Crippen molar-refractivity contribution in [3.05, 3.63) is 35.3 Å². The molecule has 0 aliphatic heterocycles. The first kappa shape index (κ1) is 11.2. The first-order valence-electron chi connectivity index (χ1n) is 5.79. The van der Waals surface area contributed by atoms with Crippen LogP contribution in [0.1, 0.15) is 18.5 Å². The van der Waals surface area contributed by atoms with Crippen LogP contribution in [-0.4, -0.2) is 12.1 Å². The van der Waals surface area contributed by atoms with E-state index in [0.717, 1.165) is 34.9 Å². The van der Waals surface area contributed by atoms with Gasteiger partial charge in [0, 0.05) is 10.9 Å². The summed E-state index contributed by atoms with van der Waals surface area (Å²) in [7, 11) is 1.65. The Morgan fingerprint density at radius 3 is 2.61 bits per heavy atom. The molecule has 0 N–H and O–H groups in total. The molecule has 0 saturated heterocycles. The van der Waals surface area contributed by atoms with Gasteiger partial charge in [0.2, 0.25) is 0 Å². The molecule has 0 radical (unpaired) electrons. The molecule has 2 aromatic rings. The summed E-state index contributed by atoms with van der Waals surface area (Å²) in [6.45, 7) is 0. The van der Waals surface area contributed by atoms with Gasteiger partial charge in [-0.3, -0.25) is 0 Å². The maximum Gasteiger partial charge on any atom is 0.123 e. The van der Waals surface area contributed by atoms with Crippen LogP contribution in [0.15, 0.2) is 29.6 Å². The zero-order valence-electron chi connectivity index (χ0n) is 10.0. The third kappa shape index (κ3) is 1.77. The average molecular weight is 256 g/mol. The Hall–Kier alpha value is -1.86. The summed E-state index contributed by atoms with van der Waals surface area (Å²) in [6.07, 6.45) is 1.88. The van der Waals surface area contributed by atoms with Crippen LogP contribution >= 0.6 is 11.3 Å². The summed E-state index contributed by atoms with van der Waals surface area (Å²) in [5.74, 6) is 0.839. The Balaban J connectivity index is 1.91. The van der Waals surface area contributed by atoms with Gasteiger partial charge in [0.05, 0.1) is 18.9 Å². The van der Waals surface area contributed by atoms with Crippen LogP contribution in [-0.2, 0) is 5.41 Å². The lowest BCUT2D eigenvalue weighted by Crippen LogP contribution is -2.02. The van der Waals surface area contributed by atoms with E-state index in [1.807, 2.05) is 29.6 Å². The van der Waals surface area contributed by atoms with Gasteiger partial charge in [0.1, 0.15) is 16.2 Å². The first-order valence-corrected chi connectivity index (χ1v) is 6.67. The molecule has 0 amide bonds. The molecule has 1 aromatic heterocycles. The van der Waals surface area contributed by atoms with Crippen LogP contribution in [0.4, 0.5) is 0 Å². The zero-order chi connectivity index (χ0) is 12.6. The van der Waals surface area contributed by atoms with Crippen molar-refractivity contribution in [3.8, 4) is 22.4 Å². The van der Waals surface area contributed by atoms with Gasteiger partial charge in [-0.1, -0.05) is 0 Å². The number of rotatable bonds is 3. The lowest BCUT2D eigenvalue weighted by atomic mass is 10.1. The highest BCUT2D eigenvalue weighted by Crippen LogP contribution is 2.48. The van der Waals surface area contributed by atoms with E-state index >= 15 is 0 Å². The van der Waals surface area contributed by atoms with E-state index in [2.05, 4.69) is 11.1 Å². The summed E-state index contributed by atoms with van der Waals surface area (Å²) in [4.78, 5) is 4.60. The molecule has 1 saturated carbocycles. The largest absolute Gasteiger partial charge is 0.497 e. The first-order chi connectivity index (χ1) is 8.77. The second-order valence-corrected chi connectivity index (χ2v) is 5.32. The summed E-state index contributed by atoms with van der Waals surface area (Å²) in [6, 6.07) is 10.2. The molecule has 90 valence electrons. The number of benzene rings is 1. The fourth-order valence-corrected chi connectivity index (χ4v) is 2.83. The van der Waals surface area contributed by atoms with Crippen LogP contribution in [0.2, 0.25) is 0 Å². The highest BCUT2D eigenvalue weighted by Gasteiger charge is 2.46. The van der Waals surface area contributed by atoms with Gasteiger partial charge < -0.3 is 4.74 Å². The molecule has 0 atom stereocenters. The predicted molar refractivity (Wildman–Crippen MR) is 70.6 cm³/mol. The lowest BCUT2D eigenvalue weighted by Gasteiger charge is -2.01. The number of hydrogen-bond acceptors (Lipinski definition) is 4. The van der Waals surface area contributed by atoms with Crippen molar-refractivity contribution in [3.63, 3.8) is 0 Å². The Bertz CT molecular complexity index is 605. The third-order valence-electron chi connectivity index (χ3n) is 3.30. The maximum absolute atomic E-state index is 9.16. The van der Waals surface area contributed by atoms with Gasteiger partial charge in [-0.25, -0.2) is 4.98 Å². The molecule has 3 rings (SSSR count). The van der Waals surface area contributed by atoms with Gasteiger partial charge >= 0.3 is 0 Å². The van der Waals surface area contributed by atoms with E-state index in [1.54, 1.807) is 18.4 Å². The van der Waals surface area contributed by atoms with E-state index in [-0.39, 0.29) is 5.41 Å². The van der Waals surface area contributed by atoms with Crippen molar-refractivity contribution in [1.82, 2.24) is 4.98 Å². The highest BCUT2D eigenvalue weighted by atomic mass is 32.1. The predicted octanol–water partition coefficient (Wildman–Crippen LogP) is 3.37. The van der Waals surface area contributed by atoms with Crippen molar-refractivity contribution >= 4 is 11.3 Å². The minimum atomic E-state index is -0.290. The van der Waals surface area contributed by atoms with Gasteiger partial charge in [-0.2, -0.15) is 5.26 Å². The van der Waals surface area contributed by atoms with Gasteiger partial charge in [-0.05, 0) is 37.1 Å². The van der Waals surface area contributed by atoms with Gasteiger partial charge in [0.25, 0.3) is 0 Å². The smallest absolute Gasteiger partial charge is 0.123 e. The normalized spacial score (nSPS) is 16.0. The Labute approximate surface area is 110 Å². The summed E-state index contributed by atoms with van der Waals surface area (Å²) in [5.41, 5.74) is 1.71. The van der Waals surface area contributed by atoms with E-state index < -0.39 is 0 Å². The topological polar surface area (TPSA) is 45.9 Å². The number of ether oxygens (including phenoxy) is 1. The molecule has 0 unspecified atom stereocenters. The molecule has 1 aliphatic rings. The molecule has 1 aromatic carbocycles. The van der Waals surface area contributed by atoms with E-state index in [0.29, 0.717) is 0 Å². The van der Waals surface area contributed by atoms with Crippen molar-refractivity contribution in [2.45, 2.75) is 18.3 Å². The molecule has 18 heavy (non-hydrogen) atoms. The highest BCUT2D eigenvalue weighted by molar-refractivity contribution is 7.13. The van der Waals surface area contributed by atoms with E-state index in [1.165, 1.54) is 0 Å². The Morgan fingerprint density at radius 1 is 1.33 bits per heavy atom. The average Bonchev–Trinajstić information content (AvgIpc) is 3.08. The minimum absolute atomic E-state index is 0.290. The second-order valence-electron chi connectivity index (χ2n) is 4.46. The molecule has 0 bridgehead atoms. The maximum atomic E-state index is 9.16. The van der Waals surface area contributed by atoms with Gasteiger partial charge in [0.15, 0.2) is 0 Å². The number of aromatic nitrogens is 1. The molecule has 3 nitrogen and oxygen atoms in total. The van der Waals surface area contributed by atoms with Crippen LogP contribution in [0.25, 0.3) is 10.6 Å². The molecule has 1 aliphatic carbocycles. The summed E-state index contributed by atoms with van der Waals surface area (Å²) < 4.78 is 5.13. The number of methoxy groups -OCH3 is 1. The van der Waals surface area contributed by atoms with Crippen LogP contribution < -0.4 is 4.74 Å². The van der Waals surface area contributed by atoms with Crippen molar-refractivity contribution < 1.29 is 4.74 Å². The monoisotopic (exact) mass is 256 g/mol. The van der Waals surface area contributed by atoms with Crippen molar-refractivity contribution in [2.75, 3.05) is 7.11 Å². The number of thiazole rings is 1. The molecular formula is C14H12N2OS. The zero-order valence-corrected chi connectivity index (χ0v) is 10.8. The molecule has 1 heterocycles. The standard InChI is InChI=1S/C14H12N2OS/c1-17-11-4-2-10(3-5-11)13-16-12(8-18-13)14(9-15)6-7-14/h2-5,8H,6-7H2,1H3. The third-order valence-corrected chi connectivity index (χ3v) is 4.19. The molecule has 0 spiro atoms. The van der Waals surface area contributed by atoms with Crippen LogP contribution in [0.3, 0.4) is 0 Å². The SMILES string of the molecule is COc1ccc(-c2nc(C3(C#N)CC3)cs2)cc1. The lowest BCUT2D eigenvalue weighted by molar-refractivity contribution is 0.415. The molecular weight excluding hydrogens is 244 g/mol. The van der Waals surface area contributed by atoms with E-state index in [4.69, 9.17) is 10.00 Å².